The van der Waals surface area contributed by atoms with Crippen LogP contribution < -0.4 is 5.32 Å². The van der Waals surface area contributed by atoms with Gasteiger partial charge in [-0.1, -0.05) is 91.0 Å². The first-order valence-electron chi connectivity index (χ1n) is 12.7. The Morgan fingerprint density at radius 1 is 0.784 bits per heavy atom. The number of ether oxygens (including phenoxy) is 4. The molecule has 1 aliphatic rings. The van der Waals surface area contributed by atoms with Crippen molar-refractivity contribution in [2.45, 2.75) is 50.6 Å². The Morgan fingerprint density at radius 3 is 1.84 bits per heavy atom. The van der Waals surface area contributed by atoms with Crippen molar-refractivity contribution in [3.8, 4) is 0 Å². The van der Waals surface area contributed by atoms with Crippen LogP contribution in [-0.2, 0) is 43.6 Å². The van der Waals surface area contributed by atoms with Crippen molar-refractivity contribution in [3.05, 3.63) is 108 Å². The molecule has 0 spiro atoms. The first kappa shape index (κ1) is 27.0. The molecule has 3 unspecified atom stereocenters. The number of aliphatic carboxylic acids is 1. The largest absolute Gasteiger partial charge is 0.481 e. The van der Waals surface area contributed by atoms with Crippen LogP contribution in [-0.4, -0.2) is 55.2 Å². The minimum atomic E-state index is -0.852. The van der Waals surface area contributed by atoms with Gasteiger partial charge in [0.05, 0.1) is 45.5 Å². The molecule has 0 bridgehead atoms. The number of nitrogens with one attached hydrogen (secondary N) is 1. The highest BCUT2D eigenvalue weighted by molar-refractivity contribution is 5.66. The molecule has 0 radical (unpaired) electrons. The molecular weight excluding hydrogens is 470 g/mol. The van der Waals surface area contributed by atoms with Crippen LogP contribution in [0.3, 0.4) is 0 Å². The fourth-order valence-electron chi connectivity index (χ4n) is 4.35. The second-order valence-electron chi connectivity index (χ2n) is 9.10. The van der Waals surface area contributed by atoms with Crippen LogP contribution >= 0.6 is 0 Å². The monoisotopic (exact) mass is 505 g/mol. The highest BCUT2D eigenvalue weighted by Crippen LogP contribution is 2.25. The number of benzene rings is 3. The Hall–Kier alpha value is -3.07. The lowest BCUT2D eigenvalue weighted by molar-refractivity contribution is -0.208. The van der Waals surface area contributed by atoms with E-state index in [1.54, 1.807) is 0 Å². The van der Waals surface area contributed by atoms with Crippen LogP contribution in [0.25, 0.3) is 0 Å². The number of carboxylic acid groups (broad SMARTS) is 1. The first-order valence-corrected chi connectivity index (χ1v) is 12.7. The summed E-state index contributed by atoms with van der Waals surface area (Å²) in [6.45, 7) is 2.31. The second kappa shape index (κ2) is 14.6. The van der Waals surface area contributed by atoms with Crippen molar-refractivity contribution in [1.82, 2.24) is 5.32 Å². The summed E-state index contributed by atoms with van der Waals surface area (Å²) in [5.41, 5.74) is 3.19. The molecule has 4 rings (SSSR count). The van der Waals surface area contributed by atoms with E-state index >= 15 is 0 Å². The molecule has 1 saturated heterocycles. The Bertz CT molecular complexity index is 1050. The van der Waals surface area contributed by atoms with E-state index in [0.717, 1.165) is 16.7 Å². The predicted octanol–water partition coefficient (Wildman–Crippen LogP) is 4.21. The number of hydrogen-bond donors (Lipinski definition) is 2. The topological polar surface area (TPSA) is 86.3 Å². The Kier molecular flexibility index (Phi) is 10.7. The highest BCUT2D eigenvalue weighted by atomic mass is 16.6. The third kappa shape index (κ3) is 8.77. The van der Waals surface area contributed by atoms with Crippen molar-refractivity contribution in [1.29, 1.82) is 0 Å². The molecule has 4 atom stereocenters. The van der Waals surface area contributed by atoms with E-state index in [0.29, 0.717) is 39.6 Å². The van der Waals surface area contributed by atoms with Gasteiger partial charge in [0.2, 0.25) is 0 Å². The van der Waals surface area contributed by atoms with Crippen molar-refractivity contribution < 1.29 is 28.8 Å². The third-order valence-electron chi connectivity index (χ3n) is 6.29. The van der Waals surface area contributed by atoms with Crippen LogP contribution in [0.15, 0.2) is 91.0 Å². The molecule has 0 aliphatic carbocycles. The van der Waals surface area contributed by atoms with E-state index in [1.165, 1.54) is 0 Å². The molecule has 1 fully saturated rings. The fourth-order valence-corrected chi connectivity index (χ4v) is 4.35. The van der Waals surface area contributed by atoms with Gasteiger partial charge in [0, 0.05) is 6.54 Å². The van der Waals surface area contributed by atoms with Crippen LogP contribution in [0.5, 0.6) is 0 Å². The van der Waals surface area contributed by atoms with E-state index in [9.17, 15) is 4.79 Å². The summed E-state index contributed by atoms with van der Waals surface area (Å²) in [4.78, 5) is 11.1. The molecule has 7 nitrogen and oxygen atoms in total. The number of hydrogen-bond acceptors (Lipinski definition) is 6. The highest BCUT2D eigenvalue weighted by Gasteiger charge is 2.42. The van der Waals surface area contributed by atoms with E-state index in [4.69, 9.17) is 24.1 Å². The molecule has 7 heteroatoms. The number of carbonyl (C=O) groups is 1. The Morgan fingerprint density at radius 2 is 1.30 bits per heavy atom. The smallest absolute Gasteiger partial charge is 0.304 e. The van der Waals surface area contributed by atoms with Gasteiger partial charge < -0.3 is 29.4 Å². The van der Waals surface area contributed by atoms with Crippen molar-refractivity contribution in [2.75, 3.05) is 19.8 Å². The molecule has 3 aromatic rings. The Balaban J connectivity index is 1.48. The summed E-state index contributed by atoms with van der Waals surface area (Å²) in [5.74, 6) is -0.852. The van der Waals surface area contributed by atoms with Gasteiger partial charge in [-0.15, -0.1) is 0 Å². The zero-order valence-electron chi connectivity index (χ0n) is 20.9. The predicted molar refractivity (Wildman–Crippen MR) is 140 cm³/mol. The van der Waals surface area contributed by atoms with Gasteiger partial charge in [0.15, 0.2) is 0 Å². The lowest BCUT2D eigenvalue weighted by atomic mass is 9.97. The Labute approximate surface area is 218 Å². The summed E-state index contributed by atoms with van der Waals surface area (Å²) < 4.78 is 25.2. The molecule has 37 heavy (non-hydrogen) atoms. The van der Waals surface area contributed by atoms with E-state index in [-0.39, 0.29) is 24.7 Å². The van der Waals surface area contributed by atoms with Crippen LogP contribution in [0.1, 0.15) is 23.1 Å². The quantitative estimate of drug-likeness (QED) is 0.340. The summed E-state index contributed by atoms with van der Waals surface area (Å²) >= 11 is 0. The zero-order chi connectivity index (χ0) is 25.7. The lowest BCUT2D eigenvalue weighted by Gasteiger charge is -2.42. The average molecular weight is 506 g/mol. The summed E-state index contributed by atoms with van der Waals surface area (Å²) in [5, 5.41) is 12.4. The van der Waals surface area contributed by atoms with Gasteiger partial charge in [-0.2, -0.15) is 0 Å². The maximum Gasteiger partial charge on any atom is 0.304 e. The molecule has 2 N–H and O–H groups in total. The van der Waals surface area contributed by atoms with Gasteiger partial charge >= 0.3 is 5.97 Å². The molecule has 0 saturated carbocycles. The molecule has 0 amide bonds. The van der Waals surface area contributed by atoms with Crippen molar-refractivity contribution in [3.63, 3.8) is 0 Å². The van der Waals surface area contributed by atoms with Gasteiger partial charge in [-0.05, 0) is 16.7 Å². The zero-order valence-corrected chi connectivity index (χ0v) is 20.9. The fraction of sp³-hybridized carbons (Fsp3) is 0.367. The van der Waals surface area contributed by atoms with Crippen LogP contribution in [0, 0.1) is 0 Å². The van der Waals surface area contributed by atoms with Gasteiger partial charge in [0.25, 0.3) is 0 Å². The molecule has 1 aliphatic heterocycles. The third-order valence-corrected chi connectivity index (χ3v) is 6.29. The number of rotatable bonds is 14. The molecule has 196 valence electrons. The van der Waals surface area contributed by atoms with E-state index in [2.05, 4.69) is 5.32 Å². The molecule has 3 aromatic carbocycles. The van der Waals surface area contributed by atoms with E-state index < -0.39 is 12.1 Å². The van der Waals surface area contributed by atoms with Crippen molar-refractivity contribution >= 4 is 5.97 Å². The standard InChI is InChI=1S/C30H35NO6/c32-28(33)16-17-31-26-21-35-27(22-34-18-23-10-4-1-5-11-23)30(37-20-25-14-8-3-9-15-25)29(26)36-19-24-12-6-2-7-13-24/h1-15,26-27,29-31H,16-22H2,(H,32,33)/t26-,27?,29?,30?/m1/s1. The first-order chi connectivity index (χ1) is 18.2. The summed E-state index contributed by atoms with van der Waals surface area (Å²) in [7, 11) is 0. The van der Waals surface area contributed by atoms with E-state index in [1.807, 2.05) is 91.0 Å². The maximum absolute atomic E-state index is 11.1. The minimum Gasteiger partial charge on any atom is -0.481 e. The number of carboxylic acids is 1. The molecule has 0 aromatic heterocycles. The summed E-state index contributed by atoms with van der Waals surface area (Å²) in [6, 6.07) is 29.7. The van der Waals surface area contributed by atoms with Gasteiger partial charge in [-0.25, -0.2) is 0 Å². The SMILES string of the molecule is O=C(O)CCN[C@@H]1COC(COCc2ccccc2)C(OCc2ccccc2)C1OCc1ccccc1. The van der Waals surface area contributed by atoms with Crippen LogP contribution in [0.4, 0.5) is 0 Å². The summed E-state index contributed by atoms with van der Waals surface area (Å²) in [6.07, 6.45) is -1.11. The minimum absolute atomic E-state index is 0.0149. The van der Waals surface area contributed by atoms with Gasteiger partial charge in [0.1, 0.15) is 18.3 Å². The van der Waals surface area contributed by atoms with Gasteiger partial charge in [-0.3, -0.25) is 4.79 Å². The average Bonchev–Trinajstić information content (AvgIpc) is 2.93. The van der Waals surface area contributed by atoms with Crippen molar-refractivity contribution in [2.24, 2.45) is 0 Å². The van der Waals surface area contributed by atoms with Crippen LogP contribution in [0.2, 0.25) is 0 Å². The molecule has 1 heterocycles. The molecular formula is C30H35NO6. The lowest BCUT2D eigenvalue weighted by Crippen LogP contribution is -2.61. The maximum atomic E-state index is 11.1. The second-order valence-corrected chi connectivity index (χ2v) is 9.10. The normalized spacial score (nSPS) is 21.5.